The standard InChI is InChI=1S/C22H27BrN6O2/c1-2-19(30)26-13-15-6-3-9-17(12-15)28-22-27-14-18(23)20(29-22)24-10-5-11-25-21(31)16-7-4-8-16/h2-3,6,9,12,14,16H,1,4-5,7-8,10-11,13H2,(H,25,31)(H,26,30)(H2,24,27,28,29). The zero-order valence-corrected chi connectivity index (χ0v) is 18.9. The second-order valence-corrected chi connectivity index (χ2v) is 8.19. The van der Waals surface area contributed by atoms with E-state index in [4.69, 9.17) is 0 Å². The molecule has 0 radical (unpaired) electrons. The highest BCUT2D eigenvalue weighted by Gasteiger charge is 2.24. The number of hydrogen-bond acceptors (Lipinski definition) is 6. The monoisotopic (exact) mass is 486 g/mol. The molecule has 0 atom stereocenters. The number of hydrogen-bond donors (Lipinski definition) is 4. The summed E-state index contributed by atoms with van der Waals surface area (Å²) in [5.41, 5.74) is 1.76. The molecule has 1 aliphatic carbocycles. The van der Waals surface area contributed by atoms with E-state index in [1.807, 2.05) is 24.3 Å². The van der Waals surface area contributed by atoms with Crippen LogP contribution in [0.3, 0.4) is 0 Å². The van der Waals surface area contributed by atoms with Gasteiger partial charge in [0.1, 0.15) is 5.82 Å². The molecule has 31 heavy (non-hydrogen) atoms. The van der Waals surface area contributed by atoms with Crippen LogP contribution in [-0.4, -0.2) is 34.9 Å². The summed E-state index contributed by atoms with van der Waals surface area (Å²) in [7, 11) is 0. The number of carbonyl (C=O) groups is 2. The highest BCUT2D eigenvalue weighted by molar-refractivity contribution is 9.10. The number of halogens is 1. The van der Waals surface area contributed by atoms with Crippen LogP contribution in [0.4, 0.5) is 17.5 Å². The number of rotatable bonds is 11. The first-order chi connectivity index (χ1) is 15.0. The number of carbonyl (C=O) groups excluding carboxylic acids is 2. The fourth-order valence-electron chi connectivity index (χ4n) is 3.02. The number of benzene rings is 1. The zero-order valence-electron chi connectivity index (χ0n) is 17.3. The fraction of sp³-hybridized carbons (Fsp3) is 0.364. The van der Waals surface area contributed by atoms with Crippen LogP contribution in [0.25, 0.3) is 0 Å². The Bertz CT molecular complexity index is 932. The second-order valence-electron chi connectivity index (χ2n) is 7.34. The van der Waals surface area contributed by atoms with Gasteiger partial charge in [0.25, 0.3) is 0 Å². The molecule has 0 spiro atoms. The van der Waals surface area contributed by atoms with Crippen molar-refractivity contribution in [2.75, 3.05) is 23.7 Å². The van der Waals surface area contributed by atoms with Gasteiger partial charge in [0.2, 0.25) is 17.8 Å². The van der Waals surface area contributed by atoms with Gasteiger partial charge in [-0.2, -0.15) is 4.98 Å². The molecule has 1 aliphatic rings. The first-order valence-electron chi connectivity index (χ1n) is 10.4. The van der Waals surface area contributed by atoms with Crippen molar-refractivity contribution in [3.8, 4) is 0 Å². The average molecular weight is 487 g/mol. The number of aromatic nitrogens is 2. The van der Waals surface area contributed by atoms with E-state index in [0.717, 1.165) is 41.4 Å². The van der Waals surface area contributed by atoms with Crippen molar-refractivity contribution >= 4 is 45.2 Å². The van der Waals surface area contributed by atoms with E-state index in [1.165, 1.54) is 6.08 Å². The van der Waals surface area contributed by atoms with Gasteiger partial charge in [-0.25, -0.2) is 4.98 Å². The first-order valence-corrected chi connectivity index (χ1v) is 11.1. The maximum Gasteiger partial charge on any atom is 0.243 e. The van der Waals surface area contributed by atoms with Crippen molar-refractivity contribution in [2.24, 2.45) is 5.92 Å². The second kappa shape index (κ2) is 11.5. The van der Waals surface area contributed by atoms with Crippen LogP contribution >= 0.6 is 15.9 Å². The Morgan fingerprint density at radius 2 is 2.06 bits per heavy atom. The highest BCUT2D eigenvalue weighted by Crippen LogP contribution is 2.26. The number of nitrogens with zero attached hydrogens (tertiary/aromatic N) is 2. The van der Waals surface area contributed by atoms with Crippen LogP contribution in [0.1, 0.15) is 31.2 Å². The Balaban J connectivity index is 1.49. The lowest BCUT2D eigenvalue weighted by atomic mass is 9.85. The molecular weight excluding hydrogens is 460 g/mol. The van der Waals surface area contributed by atoms with Gasteiger partial charge in [-0.3, -0.25) is 9.59 Å². The molecule has 1 saturated carbocycles. The smallest absolute Gasteiger partial charge is 0.243 e. The predicted octanol–water partition coefficient (Wildman–Crippen LogP) is 3.50. The maximum absolute atomic E-state index is 11.9. The Morgan fingerprint density at radius 1 is 1.23 bits per heavy atom. The summed E-state index contributed by atoms with van der Waals surface area (Å²) in [6.45, 7) is 5.18. The highest BCUT2D eigenvalue weighted by atomic mass is 79.9. The molecule has 1 aromatic carbocycles. The van der Waals surface area contributed by atoms with Crippen LogP contribution < -0.4 is 21.3 Å². The SMILES string of the molecule is C=CC(=O)NCc1cccc(Nc2ncc(Br)c(NCCCNC(=O)C3CCC3)n2)c1. The largest absolute Gasteiger partial charge is 0.369 e. The van der Waals surface area contributed by atoms with Crippen LogP contribution in [0.2, 0.25) is 0 Å². The third-order valence-corrected chi connectivity index (χ3v) is 5.58. The summed E-state index contributed by atoms with van der Waals surface area (Å²) in [5.74, 6) is 1.31. The molecular formula is C22H27BrN6O2. The molecule has 2 aromatic rings. The van der Waals surface area contributed by atoms with Gasteiger partial charge in [0.05, 0.1) is 4.47 Å². The molecule has 0 saturated heterocycles. The van der Waals surface area contributed by atoms with Gasteiger partial charge >= 0.3 is 0 Å². The van der Waals surface area contributed by atoms with Crippen LogP contribution in [0, 0.1) is 5.92 Å². The molecule has 3 rings (SSSR count). The van der Waals surface area contributed by atoms with Crippen LogP contribution in [0.5, 0.6) is 0 Å². The lowest BCUT2D eigenvalue weighted by Gasteiger charge is -2.24. The summed E-state index contributed by atoms with van der Waals surface area (Å²) in [4.78, 5) is 32.0. The third-order valence-electron chi connectivity index (χ3n) is 5.00. The van der Waals surface area contributed by atoms with Crippen molar-refractivity contribution in [1.29, 1.82) is 0 Å². The summed E-state index contributed by atoms with van der Waals surface area (Å²) in [6, 6.07) is 7.65. The summed E-state index contributed by atoms with van der Waals surface area (Å²) in [6.07, 6.45) is 6.92. The minimum Gasteiger partial charge on any atom is -0.369 e. The van der Waals surface area contributed by atoms with Gasteiger partial charge in [0.15, 0.2) is 0 Å². The quantitative estimate of drug-likeness (QED) is 0.286. The van der Waals surface area contributed by atoms with Crippen LogP contribution in [-0.2, 0) is 16.1 Å². The Labute approximate surface area is 190 Å². The number of anilines is 3. The molecule has 164 valence electrons. The lowest BCUT2D eigenvalue weighted by Crippen LogP contribution is -2.35. The molecule has 8 nitrogen and oxygen atoms in total. The maximum atomic E-state index is 11.9. The van der Waals surface area contributed by atoms with Gasteiger partial charge in [0, 0.05) is 37.4 Å². The van der Waals surface area contributed by atoms with Gasteiger partial charge in [-0.05, 0) is 59.0 Å². The molecule has 1 fully saturated rings. The van der Waals surface area contributed by atoms with Crippen molar-refractivity contribution < 1.29 is 9.59 Å². The van der Waals surface area contributed by atoms with Gasteiger partial charge in [-0.1, -0.05) is 25.1 Å². The fourth-order valence-corrected chi connectivity index (χ4v) is 3.35. The van der Waals surface area contributed by atoms with Crippen molar-refractivity contribution in [1.82, 2.24) is 20.6 Å². The Morgan fingerprint density at radius 3 is 2.81 bits per heavy atom. The first kappa shape index (κ1) is 22.7. The normalized spacial score (nSPS) is 13.1. The molecule has 0 bridgehead atoms. The van der Waals surface area contributed by atoms with Gasteiger partial charge in [-0.15, -0.1) is 0 Å². The van der Waals surface area contributed by atoms with Crippen molar-refractivity contribution in [2.45, 2.75) is 32.2 Å². The molecule has 1 aromatic heterocycles. The summed E-state index contributed by atoms with van der Waals surface area (Å²) >= 11 is 3.46. The van der Waals surface area contributed by atoms with E-state index in [1.54, 1.807) is 6.20 Å². The van der Waals surface area contributed by atoms with Crippen molar-refractivity contribution in [3.63, 3.8) is 0 Å². The lowest BCUT2D eigenvalue weighted by molar-refractivity contribution is -0.127. The Kier molecular flexibility index (Phi) is 8.40. The summed E-state index contributed by atoms with van der Waals surface area (Å²) < 4.78 is 0.762. The van der Waals surface area contributed by atoms with E-state index in [2.05, 4.69) is 53.7 Å². The molecule has 9 heteroatoms. The van der Waals surface area contributed by atoms with E-state index in [9.17, 15) is 9.59 Å². The molecule has 1 heterocycles. The molecule has 2 amide bonds. The zero-order chi connectivity index (χ0) is 22.1. The average Bonchev–Trinajstić information content (AvgIpc) is 2.73. The third kappa shape index (κ3) is 7.06. The topological polar surface area (TPSA) is 108 Å². The van der Waals surface area contributed by atoms with E-state index in [0.29, 0.717) is 31.4 Å². The minimum atomic E-state index is -0.215. The Hall–Kier alpha value is -2.94. The molecule has 0 unspecified atom stereocenters. The molecule has 4 N–H and O–H groups in total. The minimum absolute atomic E-state index is 0.173. The summed E-state index contributed by atoms with van der Waals surface area (Å²) in [5, 5.41) is 12.2. The van der Waals surface area contributed by atoms with Gasteiger partial charge < -0.3 is 21.3 Å². The van der Waals surface area contributed by atoms with E-state index < -0.39 is 0 Å². The van der Waals surface area contributed by atoms with E-state index >= 15 is 0 Å². The molecule has 0 aliphatic heterocycles. The number of nitrogens with one attached hydrogen (secondary N) is 4. The van der Waals surface area contributed by atoms with Crippen LogP contribution in [0.15, 0.2) is 47.6 Å². The number of amides is 2. The van der Waals surface area contributed by atoms with E-state index in [-0.39, 0.29) is 17.7 Å². The predicted molar refractivity (Wildman–Crippen MR) is 125 cm³/mol. The van der Waals surface area contributed by atoms with Crippen molar-refractivity contribution in [3.05, 3.63) is 53.2 Å².